The van der Waals surface area contributed by atoms with Gasteiger partial charge in [-0.05, 0) is 0 Å². The van der Waals surface area contributed by atoms with Crippen LogP contribution in [0.5, 0.6) is 0 Å². The maximum Gasteiger partial charge on any atom is 0.173 e. The molecule has 1 aliphatic rings. The van der Waals surface area contributed by atoms with Crippen molar-refractivity contribution in [2.45, 2.75) is 13.8 Å². The Morgan fingerprint density at radius 3 is 2.19 bits per heavy atom. The lowest BCUT2D eigenvalue weighted by molar-refractivity contribution is 0.0964. The number of rotatable bonds is 2. The van der Waals surface area contributed by atoms with E-state index in [0.717, 1.165) is 5.56 Å². The second kappa shape index (κ2) is 4.09. The molecule has 0 atom stereocenters. The molecule has 0 aliphatic heterocycles. The zero-order chi connectivity index (χ0) is 11.6. The molecule has 0 bridgehead atoms. The van der Waals surface area contributed by atoms with Crippen molar-refractivity contribution < 1.29 is 4.79 Å². The summed E-state index contributed by atoms with van der Waals surface area (Å²) in [6.45, 7) is 4.26. The van der Waals surface area contributed by atoms with E-state index in [1.165, 1.54) is 0 Å². The third kappa shape index (κ3) is 2.30. The number of hydrogen-bond acceptors (Lipinski definition) is 1. The molecule has 1 aromatic carbocycles. The van der Waals surface area contributed by atoms with Crippen molar-refractivity contribution in [3.8, 4) is 0 Å². The molecule has 0 amide bonds. The Bertz CT molecular complexity index is 422. The summed E-state index contributed by atoms with van der Waals surface area (Å²) < 4.78 is 0. The van der Waals surface area contributed by atoms with E-state index in [1.807, 2.05) is 42.5 Å². The van der Waals surface area contributed by atoms with Gasteiger partial charge in [0, 0.05) is 11.0 Å². The first-order valence-corrected chi connectivity index (χ1v) is 5.56. The van der Waals surface area contributed by atoms with E-state index in [9.17, 15) is 4.79 Å². The van der Waals surface area contributed by atoms with Crippen molar-refractivity contribution in [3.05, 3.63) is 60.2 Å². The molecule has 0 N–H and O–H groups in total. The first kappa shape index (κ1) is 10.9. The topological polar surface area (TPSA) is 17.1 Å². The lowest BCUT2D eigenvalue weighted by atomic mass is 9.83. The highest BCUT2D eigenvalue weighted by Crippen LogP contribution is 2.27. The highest BCUT2D eigenvalue weighted by Gasteiger charge is 2.20. The monoisotopic (exact) mass is 212 g/mol. The van der Waals surface area contributed by atoms with Crippen molar-refractivity contribution in [1.29, 1.82) is 0 Å². The van der Waals surface area contributed by atoms with Gasteiger partial charge in [0.2, 0.25) is 0 Å². The van der Waals surface area contributed by atoms with E-state index in [0.29, 0.717) is 0 Å². The fraction of sp³-hybridized carbons (Fsp3) is 0.267. The molecule has 0 heterocycles. The van der Waals surface area contributed by atoms with E-state index >= 15 is 0 Å². The maximum atomic E-state index is 12.1. The fourth-order valence-corrected chi connectivity index (χ4v) is 1.79. The molecule has 1 heteroatoms. The Morgan fingerprint density at radius 2 is 1.62 bits per heavy atom. The molecule has 0 radical (unpaired) electrons. The molecule has 0 saturated carbocycles. The van der Waals surface area contributed by atoms with E-state index in [4.69, 9.17) is 0 Å². The van der Waals surface area contributed by atoms with E-state index in [1.54, 1.807) is 0 Å². The van der Waals surface area contributed by atoms with Gasteiger partial charge in [-0.3, -0.25) is 4.79 Å². The van der Waals surface area contributed by atoms with Crippen LogP contribution in [-0.4, -0.2) is 5.78 Å². The molecule has 1 nitrogen and oxygen atoms in total. The van der Waals surface area contributed by atoms with Crippen LogP contribution in [0.25, 0.3) is 0 Å². The van der Waals surface area contributed by atoms with E-state index in [-0.39, 0.29) is 17.1 Å². The quantitative estimate of drug-likeness (QED) is 0.540. The molecule has 0 spiro atoms. The molecule has 0 fully saturated rings. The SMILES string of the molecule is CC1(C)C=CC(C(=O)c2ccccc2)C=C1. The Kier molecular flexibility index (Phi) is 2.78. The third-order valence-corrected chi connectivity index (χ3v) is 2.83. The molecule has 82 valence electrons. The zero-order valence-electron chi connectivity index (χ0n) is 9.68. The Morgan fingerprint density at radius 1 is 1.06 bits per heavy atom. The van der Waals surface area contributed by atoms with Crippen LogP contribution in [-0.2, 0) is 0 Å². The minimum absolute atomic E-state index is 0.0769. The fourth-order valence-electron chi connectivity index (χ4n) is 1.79. The summed E-state index contributed by atoms with van der Waals surface area (Å²) in [5.74, 6) is 0.0685. The van der Waals surface area contributed by atoms with Crippen molar-refractivity contribution in [2.24, 2.45) is 11.3 Å². The third-order valence-electron chi connectivity index (χ3n) is 2.83. The van der Waals surface area contributed by atoms with Crippen LogP contribution in [0.15, 0.2) is 54.6 Å². The van der Waals surface area contributed by atoms with Crippen molar-refractivity contribution in [2.75, 3.05) is 0 Å². The van der Waals surface area contributed by atoms with Crippen LogP contribution < -0.4 is 0 Å². The molecule has 0 saturated heterocycles. The van der Waals surface area contributed by atoms with Gasteiger partial charge in [0.1, 0.15) is 0 Å². The van der Waals surface area contributed by atoms with Gasteiger partial charge in [0.15, 0.2) is 5.78 Å². The number of Topliss-reactive ketones (excluding diaryl/α,β-unsaturated/α-hetero) is 1. The molecular weight excluding hydrogens is 196 g/mol. The second-order valence-corrected chi connectivity index (χ2v) is 4.80. The zero-order valence-corrected chi connectivity index (χ0v) is 9.68. The minimum atomic E-state index is -0.101. The van der Waals surface area contributed by atoms with Gasteiger partial charge in [-0.1, -0.05) is 68.5 Å². The maximum absolute atomic E-state index is 12.1. The number of benzene rings is 1. The molecule has 0 unspecified atom stereocenters. The van der Waals surface area contributed by atoms with Crippen LogP contribution in [0.4, 0.5) is 0 Å². The predicted molar refractivity (Wildman–Crippen MR) is 66.3 cm³/mol. The van der Waals surface area contributed by atoms with Gasteiger partial charge in [0.05, 0.1) is 5.92 Å². The number of allylic oxidation sites excluding steroid dienone is 4. The minimum Gasteiger partial charge on any atom is -0.293 e. The van der Waals surface area contributed by atoms with Gasteiger partial charge in [0.25, 0.3) is 0 Å². The van der Waals surface area contributed by atoms with Crippen LogP contribution >= 0.6 is 0 Å². The highest BCUT2D eigenvalue weighted by atomic mass is 16.1. The van der Waals surface area contributed by atoms with Crippen molar-refractivity contribution in [1.82, 2.24) is 0 Å². The average Bonchev–Trinajstić information content (AvgIpc) is 2.29. The smallest absolute Gasteiger partial charge is 0.173 e. The molecular formula is C15H16O. The average molecular weight is 212 g/mol. The summed E-state index contributed by atoms with van der Waals surface area (Å²) in [6.07, 6.45) is 8.18. The molecule has 1 aliphatic carbocycles. The van der Waals surface area contributed by atoms with Gasteiger partial charge < -0.3 is 0 Å². The van der Waals surface area contributed by atoms with Crippen molar-refractivity contribution >= 4 is 5.78 Å². The number of hydrogen-bond donors (Lipinski definition) is 0. The summed E-state index contributed by atoms with van der Waals surface area (Å²) in [7, 11) is 0. The highest BCUT2D eigenvalue weighted by molar-refractivity contribution is 6.00. The first-order chi connectivity index (χ1) is 7.58. The molecule has 0 aromatic heterocycles. The number of carbonyl (C=O) groups is 1. The lowest BCUT2D eigenvalue weighted by Crippen LogP contribution is -2.16. The summed E-state index contributed by atoms with van der Waals surface area (Å²) in [5, 5.41) is 0. The van der Waals surface area contributed by atoms with Crippen LogP contribution in [0.3, 0.4) is 0 Å². The first-order valence-electron chi connectivity index (χ1n) is 5.56. The standard InChI is InChI=1S/C15H16O/c1-15(2)10-8-13(9-11-15)14(16)12-6-4-3-5-7-12/h3-11,13H,1-2H3. The molecule has 16 heavy (non-hydrogen) atoms. The summed E-state index contributed by atoms with van der Waals surface area (Å²) in [4.78, 5) is 12.1. The Hall–Kier alpha value is -1.63. The summed E-state index contributed by atoms with van der Waals surface area (Å²) in [6, 6.07) is 9.45. The summed E-state index contributed by atoms with van der Waals surface area (Å²) in [5.41, 5.74) is 0.856. The van der Waals surface area contributed by atoms with Gasteiger partial charge in [-0.15, -0.1) is 0 Å². The second-order valence-electron chi connectivity index (χ2n) is 4.80. The lowest BCUT2D eigenvalue weighted by Gasteiger charge is -2.21. The predicted octanol–water partition coefficient (Wildman–Crippen LogP) is 3.64. The largest absolute Gasteiger partial charge is 0.293 e. The number of ketones is 1. The van der Waals surface area contributed by atoms with Gasteiger partial charge in [-0.2, -0.15) is 0 Å². The Labute approximate surface area is 96.5 Å². The molecule has 1 aromatic rings. The van der Waals surface area contributed by atoms with Gasteiger partial charge >= 0.3 is 0 Å². The Balaban J connectivity index is 2.18. The summed E-state index contributed by atoms with van der Waals surface area (Å²) >= 11 is 0. The van der Waals surface area contributed by atoms with Crippen LogP contribution in [0, 0.1) is 11.3 Å². The van der Waals surface area contributed by atoms with E-state index < -0.39 is 0 Å². The van der Waals surface area contributed by atoms with Crippen molar-refractivity contribution in [3.63, 3.8) is 0 Å². The van der Waals surface area contributed by atoms with Gasteiger partial charge in [-0.25, -0.2) is 0 Å². The van der Waals surface area contributed by atoms with Crippen LogP contribution in [0.1, 0.15) is 24.2 Å². The molecule has 2 rings (SSSR count). The van der Waals surface area contributed by atoms with E-state index in [2.05, 4.69) is 26.0 Å². The number of carbonyl (C=O) groups excluding carboxylic acids is 1. The van der Waals surface area contributed by atoms with Crippen LogP contribution in [0.2, 0.25) is 0 Å². The normalized spacial score (nSPS) is 18.6.